The number of amides is 1. The lowest BCUT2D eigenvalue weighted by Gasteiger charge is -2.13. The Morgan fingerprint density at radius 3 is 2.20 bits per heavy atom. The van der Waals surface area contributed by atoms with E-state index in [1.54, 1.807) is 30.3 Å². The first-order valence-corrected chi connectivity index (χ1v) is 9.42. The molecule has 0 saturated carbocycles. The second kappa shape index (κ2) is 10.5. The van der Waals surface area contributed by atoms with E-state index < -0.39 is 18.0 Å². The smallest absolute Gasteiger partial charge is 0.331 e. The van der Waals surface area contributed by atoms with Gasteiger partial charge in [-0.15, -0.1) is 0 Å². The Hall–Kier alpha value is -3.19. The van der Waals surface area contributed by atoms with Crippen LogP contribution in [0.3, 0.4) is 0 Å². The number of anilines is 1. The fourth-order valence-electron chi connectivity index (χ4n) is 2.54. The number of carbonyl (C=O) groups is 2. The predicted molar refractivity (Wildman–Crippen MR) is 116 cm³/mol. The minimum atomic E-state index is -0.998. The summed E-state index contributed by atoms with van der Waals surface area (Å²) in [5.41, 5.74) is 2.05. The molecular formula is C22H24ClNO6. The number of rotatable bonds is 8. The predicted octanol–water partition coefficient (Wildman–Crippen LogP) is 4.26. The lowest BCUT2D eigenvalue weighted by molar-refractivity contribution is -0.148. The van der Waals surface area contributed by atoms with Crippen LogP contribution in [0.25, 0.3) is 6.08 Å². The molecule has 1 amide bonds. The molecule has 8 heteroatoms. The third-order valence-corrected chi connectivity index (χ3v) is 4.61. The number of nitrogens with one attached hydrogen (secondary N) is 1. The molecule has 1 unspecified atom stereocenters. The normalized spacial score (nSPS) is 11.7. The van der Waals surface area contributed by atoms with Gasteiger partial charge in [0.25, 0.3) is 5.91 Å². The fourth-order valence-corrected chi connectivity index (χ4v) is 2.72. The maximum Gasteiger partial charge on any atom is 0.331 e. The average Bonchev–Trinajstić information content (AvgIpc) is 2.73. The third kappa shape index (κ3) is 5.90. The lowest BCUT2D eigenvalue weighted by atomic mass is 10.1. The Morgan fingerprint density at radius 2 is 1.67 bits per heavy atom. The number of benzene rings is 2. The number of aryl methyl sites for hydroxylation is 1. The fraction of sp³-hybridized carbons (Fsp3) is 0.273. The van der Waals surface area contributed by atoms with Crippen molar-refractivity contribution in [1.82, 2.24) is 0 Å². The molecule has 0 aliphatic carbocycles. The summed E-state index contributed by atoms with van der Waals surface area (Å²) in [6, 6.07) is 8.51. The maximum atomic E-state index is 12.3. The Kier molecular flexibility index (Phi) is 8.12. The van der Waals surface area contributed by atoms with Crippen molar-refractivity contribution < 1.29 is 28.5 Å². The molecule has 0 fully saturated rings. The molecular weight excluding hydrogens is 410 g/mol. The minimum absolute atomic E-state index is 0.446. The van der Waals surface area contributed by atoms with Crippen LogP contribution in [0.2, 0.25) is 5.02 Å². The van der Waals surface area contributed by atoms with Gasteiger partial charge in [-0.2, -0.15) is 0 Å². The largest absolute Gasteiger partial charge is 0.493 e. The van der Waals surface area contributed by atoms with Gasteiger partial charge in [0.1, 0.15) is 0 Å². The number of methoxy groups -OCH3 is 3. The molecule has 30 heavy (non-hydrogen) atoms. The van der Waals surface area contributed by atoms with Crippen molar-refractivity contribution in [2.24, 2.45) is 0 Å². The second-order valence-corrected chi connectivity index (χ2v) is 6.73. The third-order valence-electron chi connectivity index (χ3n) is 4.20. The molecule has 2 aromatic rings. The van der Waals surface area contributed by atoms with Crippen LogP contribution in [0, 0.1) is 6.92 Å². The average molecular weight is 434 g/mol. The van der Waals surface area contributed by atoms with Crippen LogP contribution >= 0.6 is 11.6 Å². The second-order valence-electron chi connectivity index (χ2n) is 6.32. The van der Waals surface area contributed by atoms with Gasteiger partial charge >= 0.3 is 5.97 Å². The van der Waals surface area contributed by atoms with Crippen LogP contribution in [-0.2, 0) is 14.3 Å². The summed E-state index contributed by atoms with van der Waals surface area (Å²) in [4.78, 5) is 24.4. The van der Waals surface area contributed by atoms with Gasteiger partial charge in [0.15, 0.2) is 17.6 Å². The van der Waals surface area contributed by atoms with E-state index >= 15 is 0 Å². The zero-order valence-electron chi connectivity index (χ0n) is 17.4. The quantitative estimate of drug-likeness (QED) is 0.494. The summed E-state index contributed by atoms with van der Waals surface area (Å²) in [6.45, 7) is 3.34. The SMILES string of the molecule is COc1cc(/C=C/C(=O)OC(C)C(=O)Nc2ccc(C)c(Cl)c2)cc(OC)c1OC. The first-order chi connectivity index (χ1) is 14.3. The maximum absolute atomic E-state index is 12.3. The van der Waals surface area contributed by atoms with Gasteiger partial charge in [-0.05, 0) is 55.3 Å². The highest BCUT2D eigenvalue weighted by molar-refractivity contribution is 6.31. The van der Waals surface area contributed by atoms with E-state index in [-0.39, 0.29) is 0 Å². The summed E-state index contributed by atoms with van der Waals surface area (Å²) >= 11 is 6.05. The standard InChI is InChI=1S/C22H24ClNO6/c1-13-6-8-16(12-17(13)23)24-22(26)14(2)30-20(25)9-7-15-10-18(27-3)21(29-5)19(11-15)28-4/h6-12,14H,1-5H3,(H,24,26)/b9-7+. The molecule has 0 heterocycles. The summed E-state index contributed by atoms with van der Waals surface area (Å²) in [5.74, 6) is 0.211. The van der Waals surface area contributed by atoms with E-state index in [0.29, 0.717) is 33.5 Å². The van der Waals surface area contributed by atoms with Gasteiger partial charge in [0, 0.05) is 16.8 Å². The van der Waals surface area contributed by atoms with Gasteiger partial charge in [0.05, 0.1) is 21.3 Å². The molecule has 1 atom stereocenters. The van der Waals surface area contributed by atoms with Crippen molar-refractivity contribution in [2.75, 3.05) is 26.6 Å². The summed E-state index contributed by atoms with van der Waals surface area (Å²) in [6.07, 6.45) is 1.74. The first kappa shape index (κ1) is 23.1. The van der Waals surface area contributed by atoms with Crippen molar-refractivity contribution >= 4 is 35.2 Å². The van der Waals surface area contributed by atoms with Crippen molar-refractivity contribution in [3.8, 4) is 17.2 Å². The van der Waals surface area contributed by atoms with Crippen LogP contribution in [0.15, 0.2) is 36.4 Å². The molecule has 0 spiro atoms. The molecule has 0 aromatic heterocycles. The van der Waals surface area contributed by atoms with Crippen molar-refractivity contribution in [3.63, 3.8) is 0 Å². The van der Waals surface area contributed by atoms with Crippen LogP contribution in [-0.4, -0.2) is 39.3 Å². The molecule has 7 nitrogen and oxygen atoms in total. The van der Waals surface area contributed by atoms with Gasteiger partial charge < -0.3 is 24.3 Å². The molecule has 0 aliphatic heterocycles. The van der Waals surface area contributed by atoms with E-state index in [9.17, 15) is 9.59 Å². The highest BCUT2D eigenvalue weighted by Crippen LogP contribution is 2.38. The Labute approximate surface area is 180 Å². The number of hydrogen-bond donors (Lipinski definition) is 1. The Balaban J connectivity index is 2.02. The monoisotopic (exact) mass is 433 g/mol. The van der Waals surface area contributed by atoms with Gasteiger partial charge in [-0.3, -0.25) is 4.79 Å². The molecule has 2 aromatic carbocycles. The van der Waals surface area contributed by atoms with Crippen LogP contribution in [0.1, 0.15) is 18.1 Å². The van der Waals surface area contributed by atoms with Gasteiger partial charge in [0.2, 0.25) is 5.75 Å². The van der Waals surface area contributed by atoms with Crippen LogP contribution in [0.5, 0.6) is 17.2 Å². The van der Waals surface area contributed by atoms with Crippen molar-refractivity contribution in [1.29, 1.82) is 0 Å². The minimum Gasteiger partial charge on any atom is -0.493 e. The summed E-state index contributed by atoms with van der Waals surface area (Å²) in [7, 11) is 4.51. The molecule has 0 bridgehead atoms. The van der Waals surface area contributed by atoms with E-state index in [0.717, 1.165) is 5.56 Å². The van der Waals surface area contributed by atoms with Crippen LogP contribution in [0.4, 0.5) is 5.69 Å². The first-order valence-electron chi connectivity index (χ1n) is 9.04. The molecule has 0 aliphatic rings. The van der Waals surface area contributed by atoms with Crippen molar-refractivity contribution in [2.45, 2.75) is 20.0 Å². The highest BCUT2D eigenvalue weighted by atomic mass is 35.5. The Morgan fingerprint density at radius 1 is 1.03 bits per heavy atom. The molecule has 0 saturated heterocycles. The molecule has 1 N–H and O–H groups in total. The number of halogens is 1. The van der Waals surface area contributed by atoms with Gasteiger partial charge in [-0.1, -0.05) is 17.7 Å². The number of hydrogen-bond acceptors (Lipinski definition) is 6. The zero-order valence-corrected chi connectivity index (χ0v) is 18.2. The molecule has 2 rings (SSSR count). The molecule has 0 radical (unpaired) electrons. The zero-order chi connectivity index (χ0) is 22.3. The number of carbonyl (C=O) groups excluding carboxylic acids is 2. The lowest BCUT2D eigenvalue weighted by Crippen LogP contribution is -2.29. The highest BCUT2D eigenvalue weighted by Gasteiger charge is 2.17. The van der Waals surface area contributed by atoms with E-state index in [2.05, 4.69) is 5.32 Å². The van der Waals surface area contributed by atoms with E-state index in [1.165, 1.54) is 40.4 Å². The van der Waals surface area contributed by atoms with E-state index in [4.69, 9.17) is 30.5 Å². The number of ether oxygens (including phenoxy) is 4. The molecule has 160 valence electrons. The summed E-state index contributed by atoms with van der Waals surface area (Å²) < 4.78 is 21.0. The van der Waals surface area contributed by atoms with Crippen molar-refractivity contribution in [3.05, 3.63) is 52.6 Å². The Bertz CT molecular complexity index is 932. The topological polar surface area (TPSA) is 83.1 Å². The van der Waals surface area contributed by atoms with Gasteiger partial charge in [-0.25, -0.2) is 4.79 Å². The van der Waals surface area contributed by atoms with E-state index in [1.807, 2.05) is 6.92 Å². The number of esters is 1. The van der Waals surface area contributed by atoms with Crippen LogP contribution < -0.4 is 19.5 Å². The summed E-state index contributed by atoms with van der Waals surface area (Å²) in [5, 5.41) is 3.19.